The maximum absolute atomic E-state index is 12.9. The fraction of sp³-hybridized carbons (Fsp3) is 0.375. The van der Waals surface area contributed by atoms with Crippen LogP contribution in [0.4, 0.5) is 10.4 Å². The van der Waals surface area contributed by atoms with Gasteiger partial charge in [0.15, 0.2) is 5.82 Å². The number of rotatable bonds is 3. The van der Waals surface area contributed by atoms with Crippen molar-refractivity contribution < 1.29 is 8.91 Å². The van der Waals surface area contributed by atoms with Crippen LogP contribution in [-0.2, 0) is 0 Å². The molecule has 1 aromatic carbocycles. The summed E-state index contributed by atoms with van der Waals surface area (Å²) < 4.78 is 18.3. The molecule has 4 nitrogen and oxygen atoms in total. The predicted molar refractivity (Wildman–Crippen MR) is 79.6 cm³/mol. The molecule has 0 amide bonds. The topological polar surface area (TPSA) is 42.2 Å². The van der Waals surface area contributed by atoms with Crippen molar-refractivity contribution in [2.24, 2.45) is 0 Å². The Morgan fingerprint density at radius 3 is 2.57 bits per heavy atom. The minimum Gasteiger partial charge on any atom is -0.320 e. The maximum Gasteiger partial charge on any atom is 0.324 e. The van der Waals surface area contributed by atoms with Crippen LogP contribution in [0.5, 0.6) is 0 Å². The summed E-state index contributed by atoms with van der Waals surface area (Å²) in [4.78, 5) is 6.47. The van der Waals surface area contributed by atoms with Crippen molar-refractivity contribution in [2.75, 3.05) is 18.0 Å². The molecule has 110 valence electrons. The van der Waals surface area contributed by atoms with Gasteiger partial charge in [-0.15, -0.1) is 0 Å². The number of nitrogens with zero attached hydrogens (tertiary/aromatic N) is 3. The molecule has 1 aliphatic rings. The van der Waals surface area contributed by atoms with E-state index >= 15 is 0 Å². The van der Waals surface area contributed by atoms with E-state index in [9.17, 15) is 4.39 Å². The molecule has 0 N–H and O–H groups in total. The number of aromatic nitrogens is 2. The molecule has 2 heterocycles. The molecule has 5 heteroatoms. The highest BCUT2D eigenvalue weighted by atomic mass is 19.1. The van der Waals surface area contributed by atoms with Crippen LogP contribution in [0.15, 0.2) is 34.9 Å². The fourth-order valence-corrected chi connectivity index (χ4v) is 2.36. The van der Waals surface area contributed by atoms with Crippen LogP contribution in [0.2, 0.25) is 0 Å². The summed E-state index contributed by atoms with van der Waals surface area (Å²) >= 11 is 0. The van der Waals surface area contributed by atoms with E-state index in [4.69, 9.17) is 4.52 Å². The third kappa shape index (κ3) is 2.96. The molecule has 1 aromatic heterocycles. The second-order valence-electron chi connectivity index (χ2n) is 5.52. The molecule has 3 rings (SSSR count). The third-order valence-electron chi connectivity index (χ3n) is 3.64. The van der Waals surface area contributed by atoms with Crippen LogP contribution < -0.4 is 4.90 Å². The van der Waals surface area contributed by atoms with E-state index in [2.05, 4.69) is 21.1 Å². The Kier molecular flexibility index (Phi) is 3.73. The predicted octanol–water partition coefficient (Wildman–Crippen LogP) is 3.63. The first-order valence-electron chi connectivity index (χ1n) is 7.17. The van der Waals surface area contributed by atoms with Crippen molar-refractivity contribution in [3.63, 3.8) is 0 Å². The molecule has 0 atom stereocenters. The molecule has 2 aromatic rings. The lowest BCUT2D eigenvalue weighted by molar-refractivity contribution is 0.405. The quantitative estimate of drug-likeness (QED) is 0.864. The lowest BCUT2D eigenvalue weighted by Crippen LogP contribution is -2.28. The van der Waals surface area contributed by atoms with Crippen LogP contribution in [0.3, 0.4) is 0 Å². The zero-order chi connectivity index (χ0) is 14.8. The van der Waals surface area contributed by atoms with Gasteiger partial charge in [-0.2, -0.15) is 4.98 Å². The van der Waals surface area contributed by atoms with Crippen LogP contribution in [-0.4, -0.2) is 23.2 Å². The van der Waals surface area contributed by atoms with Crippen LogP contribution in [0.1, 0.15) is 37.6 Å². The molecule has 0 saturated carbocycles. The Bertz CT molecular complexity index is 646. The minimum absolute atomic E-state index is 0.205. The highest BCUT2D eigenvalue weighted by molar-refractivity contribution is 5.67. The molecule has 0 spiro atoms. The molecule has 0 bridgehead atoms. The molecule has 21 heavy (non-hydrogen) atoms. The summed E-state index contributed by atoms with van der Waals surface area (Å²) in [5.41, 5.74) is 2.30. The highest BCUT2D eigenvalue weighted by Crippen LogP contribution is 2.25. The maximum atomic E-state index is 12.9. The van der Waals surface area contributed by atoms with Gasteiger partial charge in [-0.3, -0.25) is 0 Å². The van der Waals surface area contributed by atoms with Crippen LogP contribution in [0, 0.1) is 5.82 Å². The van der Waals surface area contributed by atoms with E-state index in [1.165, 1.54) is 17.7 Å². The van der Waals surface area contributed by atoms with E-state index in [1.807, 2.05) is 26.0 Å². The summed E-state index contributed by atoms with van der Waals surface area (Å²) in [6, 6.07) is 7.21. The first kappa shape index (κ1) is 13.8. The number of halogens is 1. The SMILES string of the molecule is CC(C)c1noc(N2CC=C(c3ccc(F)cc3)CC2)n1. The van der Waals surface area contributed by atoms with Gasteiger partial charge in [0.2, 0.25) is 0 Å². The van der Waals surface area contributed by atoms with E-state index < -0.39 is 0 Å². The third-order valence-corrected chi connectivity index (χ3v) is 3.64. The van der Waals surface area contributed by atoms with Crippen molar-refractivity contribution in [1.29, 1.82) is 0 Å². The number of anilines is 1. The van der Waals surface area contributed by atoms with Crippen molar-refractivity contribution in [2.45, 2.75) is 26.2 Å². The van der Waals surface area contributed by atoms with Crippen molar-refractivity contribution >= 4 is 11.6 Å². The Labute approximate surface area is 123 Å². The summed E-state index contributed by atoms with van der Waals surface area (Å²) in [7, 11) is 0. The molecular formula is C16H18FN3O. The van der Waals surface area contributed by atoms with Gasteiger partial charge in [0.1, 0.15) is 5.82 Å². The first-order valence-corrected chi connectivity index (χ1v) is 7.17. The monoisotopic (exact) mass is 287 g/mol. The molecule has 0 fully saturated rings. The van der Waals surface area contributed by atoms with Gasteiger partial charge in [0.05, 0.1) is 0 Å². The largest absolute Gasteiger partial charge is 0.324 e. The van der Waals surface area contributed by atoms with Crippen molar-refractivity contribution in [3.05, 3.63) is 47.5 Å². The van der Waals surface area contributed by atoms with Crippen molar-refractivity contribution in [1.82, 2.24) is 10.1 Å². The van der Waals surface area contributed by atoms with Gasteiger partial charge in [0, 0.05) is 19.0 Å². The Morgan fingerprint density at radius 2 is 2.00 bits per heavy atom. The smallest absolute Gasteiger partial charge is 0.320 e. The molecule has 0 radical (unpaired) electrons. The normalized spacial score (nSPS) is 15.4. The van der Waals surface area contributed by atoms with E-state index in [1.54, 1.807) is 0 Å². The Morgan fingerprint density at radius 1 is 1.24 bits per heavy atom. The summed E-state index contributed by atoms with van der Waals surface area (Å²) in [6.07, 6.45) is 3.01. The van der Waals surface area contributed by atoms with Crippen LogP contribution >= 0.6 is 0 Å². The first-order chi connectivity index (χ1) is 10.1. The summed E-state index contributed by atoms with van der Waals surface area (Å²) in [6.45, 7) is 5.63. The zero-order valence-electron chi connectivity index (χ0n) is 12.2. The van der Waals surface area contributed by atoms with Gasteiger partial charge in [-0.05, 0) is 29.7 Å². The molecule has 1 aliphatic heterocycles. The standard InChI is InChI=1S/C16H18FN3O/c1-11(2)15-18-16(21-19-15)20-9-7-13(8-10-20)12-3-5-14(17)6-4-12/h3-7,11H,8-10H2,1-2H3. The molecular weight excluding hydrogens is 269 g/mol. The number of hydrogen-bond acceptors (Lipinski definition) is 4. The fourth-order valence-electron chi connectivity index (χ4n) is 2.36. The summed E-state index contributed by atoms with van der Waals surface area (Å²) in [5, 5.41) is 3.99. The number of hydrogen-bond donors (Lipinski definition) is 0. The summed E-state index contributed by atoms with van der Waals surface area (Å²) in [5.74, 6) is 0.791. The van der Waals surface area contributed by atoms with E-state index in [-0.39, 0.29) is 11.7 Å². The molecule has 0 aliphatic carbocycles. The Hall–Kier alpha value is -2.17. The number of benzene rings is 1. The van der Waals surface area contributed by atoms with Crippen molar-refractivity contribution in [3.8, 4) is 0 Å². The average molecular weight is 287 g/mol. The Balaban J connectivity index is 1.72. The second-order valence-corrected chi connectivity index (χ2v) is 5.52. The van der Waals surface area contributed by atoms with Gasteiger partial charge in [0.25, 0.3) is 0 Å². The average Bonchev–Trinajstić information content (AvgIpc) is 2.98. The zero-order valence-corrected chi connectivity index (χ0v) is 12.2. The van der Waals surface area contributed by atoms with Gasteiger partial charge < -0.3 is 9.42 Å². The van der Waals surface area contributed by atoms with Crippen LogP contribution in [0.25, 0.3) is 5.57 Å². The lowest BCUT2D eigenvalue weighted by atomic mass is 10.00. The highest BCUT2D eigenvalue weighted by Gasteiger charge is 2.19. The van der Waals surface area contributed by atoms with Gasteiger partial charge in [-0.25, -0.2) is 4.39 Å². The van der Waals surface area contributed by atoms with E-state index in [0.717, 1.165) is 30.9 Å². The van der Waals surface area contributed by atoms with Gasteiger partial charge in [-0.1, -0.05) is 37.2 Å². The minimum atomic E-state index is -0.205. The van der Waals surface area contributed by atoms with E-state index in [0.29, 0.717) is 6.01 Å². The molecule has 0 saturated heterocycles. The second kappa shape index (κ2) is 5.68. The molecule has 0 unspecified atom stereocenters. The lowest BCUT2D eigenvalue weighted by Gasteiger charge is -2.24. The van der Waals surface area contributed by atoms with Gasteiger partial charge >= 0.3 is 6.01 Å².